The summed E-state index contributed by atoms with van der Waals surface area (Å²) in [5.41, 5.74) is -2.04. The van der Waals surface area contributed by atoms with Gasteiger partial charge in [0.05, 0.1) is 18.4 Å². The molecule has 0 radical (unpaired) electrons. The van der Waals surface area contributed by atoms with E-state index in [1.807, 2.05) is 0 Å². The van der Waals surface area contributed by atoms with Gasteiger partial charge in [0, 0.05) is 12.7 Å². The summed E-state index contributed by atoms with van der Waals surface area (Å²) >= 11 is 0. The first kappa shape index (κ1) is 15.8. The molecule has 2 aliphatic rings. The van der Waals surface area contributed by atoms with Crippen LogP contribution in [0.15, 0.2) is 18.2 Å². The lowest BCUT2D eigenvalue weighted by Gasteiger charge is -2.12. The number of amides is 1. The van der Waals surface area contributed by atoms with Gasteiger partial charge in [-0.05, 0) is 30.7 Å². The average Bonchev–Trinajstić information content (AvgIpc) is 3.12. The monoisotopic (exact) mass is 331 g/mol. The number of esters is 1. The van der Waals surface area contributed by atoms with E-state index in [9.17, 15) is 27.2 Å². The molecule has 23 heavy (non-hydrogen) atoms. The molecule has 8 heteroatoms. The van der Waals surface area contributed by atoms with E-state index in [2.05, 4.69) is 0 Å². The fourth-order valence-corrected chi connectivity index (χ4v) is 3.62. The van der Waals surface area contributed by atoms with E-state index in [1.54, 1.807) is 0 Å². The molecular weight excluding hydrogens is 318 g/mol. The Hall–Kier alpha value is -2.12. The molecule has 1 saturated carbocycles. The van der Waals surface area contributed by atoms with Crippen molar-refractivity contribution in [1.82, 2.24) is 0 Å². The maximum absolute atomic E-state index is 13.6. The van der Waals surface area contributed by atoms with Crippen molar-refractivity contribution < 1.29 is 31.9 Å². The predicted molar refractivity (Wildman–Crippen MR) is 71.2 cm³/mol. The van der Waals surface area contributed by atoms with Crippen LogP contribution in [-0.4, -0.2) is 31.7 Å². The highest BCUT2D eigenvalue weighted by Gasteiger charge is 2.85. The molecule has 124 valence electrons. The number of nitrogens with zero attached hydrogens (tertiary/aromatic N) is 1. The number of carbonyl (C=O) groups is 2. The Morgan fingerprint density at radius 3 is 2.61 bits per heavy atom. The Kier molecular flexibility index (Phi) is 3.21. The van der Waals surface area contributed by atoms with Gasteiger partial charge in [-0.15, -0.1) is 0 Å². The number of likely N-dealkylation sites (N-methyl/N-ethyl adjacent to an activating group) is 1. The van der Waals surface area contributed by atoms with Crippen LogP contribution in [0, 0.1) is 17.7 Å². The first-order valence-corrected chi connectivity index (χ1v) is 6.98. The third-order valence-electron chi connectivity index (χ3n) is 4.52. The van der Waals surface area contributed by atoms with Crippen LogP contribution in [0.2, 0.25) is 0 Å². The maximum atomic E-state index is 13.6. The number of hydrogen-bond acceptors (Lipinski definition) is 3. The van der Waals surface area contributed by atoms with Gasteiger partial charge in [-0.3, -0.25) is 9.59 Å². The van der Waals surface area contributed by atoms with Crippen molar-refractivity contribution in [1.29, 1.82) is 0 Å². The van der Waals surface area contributed by atoms with Gasteiger partial charge in [-0.1, -0.05) is 0 Å². The zero-order valence-electron chi connectivity index (χ0n) is 12.3. The summed E-state index contributed by atoms with van der Waals surface area (Å²) in [6, 6.07) is 3.20. The molecule has 1 aromatic rings. The van der Waals surface area contributed by atoms with Crippen LogP contribution in [-0.2, 0) is 19.7 Å². The summed E-state index contributed by atoms with van der Waals surface area (Å²) in [4.78, 5) is 25.5. The highest BCUT2D eigenvalue weighted by molar-refractivity contribution is 6.14. The molecule has 3 rings (SSSR count). The van der Waals surface area contributed by atoms with E-state index in [0.717, 1.165) is 17.0 Å². The Morgan fingerprint density at radius 1 is 1.39 bits per heavy atom. The van der Waals surface area contributed by atoms with Crippen molar-refractivity contribution in [2.24, 2.45) is 11.8 Å². The van der Waals surface area contributed by atoms with E-state index in [1.165, 1.54) is 20.0 Å². The first-order chi connectivity index (χ1) is 10.7. The Balaban J connectivity index is 2.18. The summed E-state index contributed by atoms with van der Waals surface area (Å²) in [7, 11) is 1.31. The summed E-state index contributed by atoms with van der Waals surface area (Å²) < 4.78 is 58.5. The largest absolute Gasteiger partial charge is 0.466 e. The van der Waals surface area contributed by atoms with Gasteiger partial charge in [-0.25, -0.2) is 4.39 Å². The standard InChI is InChI=1S/C15H13F4NO3/c1-3-23-12(21)10-11(15(17,18)19)14(10)8-6-7(16)4-5-9(8)20(2)13(14)22/h4-6,10-11H,3H2,1-2H3. The second-order valence-corrected chi connectivity index (χ2v) is 5.64. The van der Waals surface area contributed by atoms with Gasteiger partial charge in [0.2, 0.25) is 5.91 Å². The lowest BCUT2D eigenvalue weighted by molar-refractivity contribution is -0.164. The van der Waals surface area contributed by atoms with Crippen molar-refractivity contribution in [2.75, 3.05) is 18.6 Å². The third-order valence-corrected chi connectivity index (χ3v) is 4.52. The van der Waals surface area contributed by atoms with Gasteiger partial charge in [0.25, 0.3) is 0 Å². The molecule has 0 bridgehead atoms. The van der Waals surface area contributed by atoms with E-state index >= 15 is 0 Å². The smallest absolute Gasteiger partial charge is 0.394 e. The minimum atomic E-state index is -4.78. The van der Waals surface area contributed by atoms with E-state index < -0.39 is 41.1 Å². The minimum Gasteiger partial charge on any atom is -0.466 e. The quantitative estimate of drug-likeness (QED) is 0.618. The molecule has 3 unspecified atom stereocenters. The highest BCUT2D eigenvalue weighted by atomic mass is 19.4. The summed E-state index contributed by atoms with van der Waals surface area (Å²) in [5, 5.41) is 0. The maximum Gasteiger partial charge on any atom is 0.394 e. The molecule has 0 N–H and O–H groups in total. The van der Waals surface area contributed by atoms with Crippen LogP contribution in [0.1, 0.15) is 12.5 Å². The first-order valence-electron chi connectivity index (χ1n) is 6.98. The third kappa shape index (κ3) is 1.90. The number of ether oxygens (including phenoxy) is 1. The molecule has 1 fully saturated rings. The lowest BCUT2D eigenvalue weighted by atomic mass is 9.92. The van der Waals surface area contributed by atoms with Crippen LogP contribution in [0.3, 0.4) is 0 Å². The van der Waals surface area contributed by atoms with Crippen LogP contribution >= 0.6 is 0 Å². The molecule has 4 nitrogen and oxygen atoms in total. The number of anilines is 1. The zero-order chi connectivity index (χ0) is 17.2. The Bertz CT molecular complexity index is 702. The molecule has 1 aliphatic heterocycles. The second-order valence-electron chi connectivity index (χ2n) is 5.64. The fraction of sp³-hybridized carbons (Fsp3) is 0.467. The van der Waals surface area contributed by atoms with Gasteiger partial charge < -0.3 is 9.64 Å². The fourth-order valence-electron chi connectivity index (χ4n) is 3.62. The number of rotatable bonds is 2. The van der Waals surface area contributed by atoms with E-state index in [4.69, 9.17) is 4.74 Å². The number of alkyl halides is 3. The molecule has 1 spiro atoms. The van der Waals surface area contributed by atoms with Crippen molar-refractivity contribution in [3.05, 3.63) is 29.6 Å². The minimum absolute atomic E-state index is 0.101. The van der Waals surface area contributed by atoms with Crippen molar-refractivity contribution >= 4 is 17.6 Å². The molecule has 1 aliphatic carbocycles. The van der Waals surface area contributed by atoms with E-state index in [0.29, 0.717) is 0 Å². The van der Waals surface area contributed by atoms with Gasteiger partial charge in [0.15, 0.2) is 0 Å². The normalized spacial score (nSPS) is 29.0. The van der Waals surface area contributed by atoms with Crippen molar-refractivity contribution in [2.45, 2.75) is 18.5 Å². The summed E-state index contributed by atoms with van der Waals surface area (Å²) in [5.74, 6) is -6.60. The molecule has 3 atom stereocenters. The molecule has 0 aromatic heterocycles. The zero-order valence-corrected chi connectivity index (χ0v) is 12.3. The number of fused-ring (bicyclic) bond motifs is 2. The van der Waals surface area contributed by atoms with Gasteiger partial charge in [-0.2, -0.15) is 13.2 Å². The van der Waals surface area contributed by atoms with Gasteiger partial charge in [0.1, 0.15) is 11.2 Å². The summed E-state index contributed by atoms with van der Waals surface area (Å²) in [6.07, 6.45) is -4.78. The van der Waals surface area contributed by atoms with Crippen molar-refractivity contribution in [3.63, 3.8) is 0 Å². The predicted octanol–water partition coefficient (Wildman–Crippen LogP) is 2.41. The number of benzene rings is 1. The molecule has 0 saturated heterocycles. The van der Waals surface area contributed by atoms with Crippen LogP contribution < -0.4 is 4.90 Å². The molecule has 1 heterocycles. The molecule has 1 aromatic carbocycles. The molecule has 1 amide bonds. The number of hydrogen-bond donors (Lipinski definition) is 0. The second kappa shape index (κ2) is 4.69. The Labute approximate surface area is 129 Å². The van der Waals surface area contributed by atoms with Crippen LogP contribution in [0.5, 0.6) is 0 Å². The van der Waals surface area contributed by atoms with Gasteiger partial charge >= 0.3 is 12.1 Å². The summed E-state index contributed by atoms with van der Waals surface area (Å²) in [6.45, 7) is 1.36. The molecular formula is C15H13F4NO3. The average molecular weight is 331 g/mol. The SMILES string of the molecule is CCOC(=O)C1C(C(F)(F)F)C12C(=O)N(C)c1ccc(F)cc12. The van der Waals surface area contributed by atoms with Crippen LogP contribution in [0.25, 0.3) is 0 Å². The number of carbonyl (C=O) groups excluding carboxylic acids is 2. The number of halogens is 4. The topological polar surface area (TPSA) is 46.6 Å². The lowest BCUT2D eigenvalue weighted by Crippen LogP contribution is -2.33. The highest BCUT2D eigenvalue weighted by Crippen LogP contribution is 2.70. The van der Waals surface area contributed by atoms with Crippen LogP contribution in [0.4, 0.5) is 23.2 Å². The van der Waals surface area contributed by atoms with Crippen molar-refractivity contribution in [3.8, 4) is 0 Å². The Morgan fingerprint density at radius 2 is 2.04 bits per heavy atom. The van der Waals surface area contributed by atoms with E-state index in [-0.39, 0.29) is 17.9 Å².